The van der Waals surface area contributed by atoms with E-state index in [4.69, 9.17) is 9.84 Å². The van der Waals surface area contributed by atoms with E-state index < -0.39 is 5.97 Å². The number of hydrogen-bond donors (Lipinski definition) is 1. The molecule has 1 saturated carbocycles. The van der Waals surface area contributed by atoms with E-state index in [-0.39, 0.29) is 29.8 Å². The van der Waals surface area contributed by atoms with Gasteiger partial charge in [-0.2, -0.15) is 0 Å². The molecule has 0 spiro atoms. The zero-order valence-corrected chi connectivity index (χ0v) is 14.5. The van der Waals surface area contributed by atoms with Crippen molar-refractivity contribution in [2.75, 3.05) is 0 Å². The third kappa shape index (κ3) is 4.25. The predicted molar refractivity (Wildman–Crippen MR) is 92.8 cm³/mol. The van der Waals surface area contributed by atoms with Crippen molar-refractivity contribution in [2.24, 2.45) is 11.3 Å². The second-order valence-electron chi connectivity index (χ2n) is 7.12. The smallest absolute Gasteiger partial charge is 0.338 e. The number of carboxylic acids is 1. The average molecular weight is 330 g/mol. The van der Waals surface area contributed by atoms with Gasteiger partial charge in [-0.15, -0.1) is 0 Å². The first kappa shape index (κ1) is 18.2. The Hall–Kier alpha value is -2.10. The molecule has 1 aliphatic rings. The van der Waals surface area contributed by atoms with Crippen molar-refractivity contribution in [2.45, 2.75) is 52.1 Å². The van der Waals surface area contributed by atoms with Gasteiger partial charge >= 0.3 is 11.9 Å². The van der Waals surface area contributed by atoms with Gasteiger partial charge in [-0.1, -0.05) is 44.2 Å². The molecule has 1 aromatic rings. The molecule has 130 valence electrons. The topological polar surface area (TPSA) is 63.6 Å². The summed E-state index contributed by atoms with van der Waals surface area (Å²) in [6, 6.07) is 9.00. The standard InChI is InChI=1S/C20H26O4/c1-14-12-13-17(24-19(23)15-8-5-4-6-9-15)20(2,3)16(14)10-7-11-18(21)22/h4-6,8-9,16-17H,1,7,10-13H2,2-3H3,(H,21,22)/t16-,17+/m0/s1. The lowest BCUT2D eigenvalue weighted by Crippen LogP contribution is -2.44. The largest absolute Gasteiger partial charge is 0.481 e. The van der Waals surface area contributed by atoms with E-state index in [9.17, 15) is 9.59 Å². The maximum Gasteiger partial charge on any atom is 0.338 e. The van der Waals surface area contributed by atoms with Crippen LogP contribution in [0.1, 0.15) is 56.3 Å². The van der Waals surface area contributed by atoms with Gasteiger partial charge in [-0.05, 0) is 43.7 Å². The van der Waals surface area contributed by atoms with Crippen LogP contribution in [0.15, 0.2) is 42.5 Å². The van der Waals surface area contributed by atoms with E-state index >= 15 is 0 Å². The normalized spacial score (nSPS) is 22.8. The molecule has 0 heterocycles. The van der Waals surface area contributed by atoms with Crippen LogP contribution < -0.4 is 0 Å². The molecule has 1 aliphatic carbocycles. The number of carbonyl (C=O) groups is 2. The SMILES string of the molecule is C=C1CC[C@@H](OC(=O)c2ccccc2)C(C)(C)[C@H]1CCCC(=O)O. The lowest BCUT2D eigenvalue weighted by molar-refractivity contribution is -0.137. The number of esters is 1. The monoisotopic (exact) mass is 330 g/mol. The number of ether oxygens (including phenoxy) is 1. The van der Waals surface area contributed by atoms with E-state index in [0.717, 1.165) is 24.8 Å². The molecule has 0 amide bonds. The quantitative estimate of drug-likeness (QED) is 0.618. The molecule has 24 heavy (non-hydrogen) atoms. The van der Waals surface area contributed by atoms with Gasteiger partial charge in [-0.25, -0.2) is 4.79 Å². The molecule has 0 unspecified atom stereocenters. The number of aliphatic carboxylic acids is 1. The van der Waals surface area contributed by atoms with Gasteiger partial charge in [0.2, 0.25) is 0 Å². The summed E-state index contributed by atoms with van der Waals surface area (Å²) < 4.78 is 5.80. The number of carbonyl (C=O) groups excluding carboxylic acids is 1. The molecule has 1 fully saturated rings. The Morgan fingerprint density at radius 2 is 1.96 bits per heavy atom. The summed E-state index contributed by atoms with van der Waals surface area (Å²) in [6.07, 6.45) is 2.92. The van der Waals surface area contributed by atoms with E-state index in [1.54, 1.807) is 12.1 Å². The molecule has 2 atom stereocenters. The van der Waals surface area contributed by atoms with E-state index in [1.807, 2.05) is 18.2 Å². The first-order chi connectivity index (χ1) is 11.3. The molecule has 0 saturated heterocycles. The van der Waals surface area contributed by atoms with Crippen LogP contribution in [0.25, 0.3) is 0 Å². The fourth-order valence-corrected chi connectivity index (χ4v) is 3.63. The fraction of sp³-hybridized carbons (Fsp3) is 0.500. The molecule has 1 N–H and O–H groups in total. The first-order valence-electron chi connectivity index (χ1n) is 8.48. The van der Waals surface area contributed by atoms with Gasteiger partial charge in [0.25, 0.3) is 0 Å². The van der Waals surface area contributed by atoms with Gasteiger partial charge in [0, 0.05) is 11.8 Å². The van der Waals surface area contributed by atoms with Crippen LogP contribution in [0.5, 0.6) is 0 Å². The van der Waals surface area contributed by atoms with Crippen molar-refractivity contribution in [3.63, 3.8) is 0 Å². The Morgan fingerprint density at radius 3 is 2.58 bits per heavy atom. The van der Waals surface area contributed by atoms with Crippen LogP contribution in [0.2, 0.25) is 0 Å². The number of carboxylic acid groups (broad SMARTS) is 1. The van der Waals surface area contributed by atoms with Crippen molar-refractivity contribution < 1.29 is 19.4 Å². The molecule has 1 aromatic carbocycles. The molecule has 0 bridgehead atoms. The molecule has 0 aliphatic heterocycles. The number of allylic oxidation sites excluding steroid dienone is 1. The van der Waals surface area contributed by atoms with E-state index in [1.165, 1.54) is 0 Å². The highest BCUT2D eigenvalue weighted by molar-refractivity contribution is 5.89. The second kappa shape index (κ2) is 7.65. The Morgan fingerprint density at radius 1 is 1.29 bits per heavy atom. The zero-order chi connectivity index (χ0) is 17.7. The highest BCUT2D eigenvalue weighted by Crippen LogP contribution is 2.47. The zero-order valence-electron chi connectivity index (χ0n) is 14.5. The van der Waals surface area contributed by atoms with Crippen molar-refractivity contribution in [3.8, 4) is 0 Å². The fourth-order valence-electron chi connectivity index (χ4n) is 3.63. The molecule has 0 radical (unpaired) electrons. The van der Waals surface area contributed by atoms with Crippen LogP contribution >= 0.6 is 0 Å². The maximum absolute atomic E-state index is 12.4. The second-order valence-corrected chi connectivity index (χ2v) is 7.12. The third-order valence-electron chi connectivity index (χ3n) is 5.09. The summed E-state index contributed by atoms with van der Waals surface area (Å²) in [5.41, 5.74) is 1.44. The molecular weight excluding hydrogens is 304 g/mol. The van der Waals surface area contributed by atoms with E-state index in [0.29, 0.717) is 12.0 Å². The summed E-state index contributed by atoms with van der Waals surface area (Å²) in [7, 11) is 0. The highest BCUT2D eigenvalue weighted by Gasteiger charge is 2.44. The van der Waals surface area contributed by atoms with Gasteiger partial charge in [0.05, 0.1) is 5.56 Å². The van der Waals surface area contributed by atoms with E-state index in [2.05, 4.69) is 20.4 Å². The van der Waals surface area contributed by atoms with Crippen LogP contribution in [-0.2, 0) is 9.53 Å². The van der Waals surface area contributed by atoms with Crippen LogP contribution in [-0.4, -0.2) is 23.1 Å². The number of rotatable bonds is 6. The minimum absolute atomic E-state index is 0.161. The summed E-state index contributed by atoms with van der Waals surface area (Å²) >= 11 is 0. The molecule has 4 nitrogen and oxygen atoms in total. The van der Waals surface area contributed by atoms with Gasteiger partial charge in [0.15, 0.2) is 0 Å². The molecule has 0 aromatic heterocycles. The Bertz CT molecular complexity index is 603. The minimum atomic E-state index is -0.777. The Balaban J connectivity index is 2.06. The summed E-state index contributed by atoms with van der Waals surface area (Å²) in [5.74, 6) is -0.911. The maximum atomic E-state index is 12.4. The van der Waals surface area contributed by atoms with Crippen molar-refractivity contribution in [3.05, 3.63) is 48.0 Å². The highest BCUT2D eigenvalue weighted by atomic mass is 16.5. The summed E-state index contributed by atoms with van der Waals surface area (Å²) in [5, 5.41) is 8.84. The first-order valence-corrected chi connectivity index (χ1v) is 8.48. The molecule has 2 rings (SSSR count). The van der Waals surface area contributed by atoms with Crippen LogP contribution in [0.4, 0.5) is 0 Å². The minimum Gasteiger partial charge on any atom is -0.481 e. The molecule has 4 heteroatoms. The lowest BCUT2D eigenvalue weighted by atomic mass is 9.63. The van der Waals surface area contributed by atoms with Crippen molar-refractivity contribution in [1.82, 2.24) is 0 Å². The average Bonchev–Trinajstić information content (AvgIpc) is 2.54. The van der Waals surface area contributed by atoms with Gasteiger partial charge in [-0.3, -0.25) is 4.79 Å². The predicted octanol–water partition coefficient (Wildman–Crippen LogP) is 4.46. The third-order valence-corrected chi connectivity index (χ3v) is 5.09. The lowest BCUT2D eigenvalue weighted by Gasteiger charge is -2.45. The summed E-state index contributed by atoms with van der Waals surface area (Å²) in [4.78, 5) is 23.1. The number of hydrogen-bond acceptors (Lipinski definition) is 3. The van der Waals surface area contributed by atoms with Crippen molar-refractivity contribution in [1.29, 1.82) is 0 Å². The van der Waals surface area contributed by atoms with Gasteiger partial charge in [0.1, 0.15) is 6.10 Å². The number of benzene rings is 1. The Kier molecular flexibility index (Phi) is 5.81. The van der Waals surface area contributed by atoms with Gasteiger partial charge < -0.3 is 9.84 Å². The van der Waals surface area contributed by atoms with Crippen molar-refractivity contribution >= 4 is 11.9 Å². The van der Waals surface area contributed by atoms with Crippen LogP contribution in [0, 0.1) is 11.3 Å². The summed E-state index contributed by atoms with van der Waals surface area (Å²) in [6.45, 7) is 8.35. The van der Waals surface area contributed by atoms with Crippen LogP contribution in [0.3, 0.4) is 0 Å². The molecular formula is C20H26O4. The Labute approximate surface area is 143 Å².